The molecule has 0 amide bonds. The standard InChI is InChI=1S/C25H34BrNO4/c1-30-24(29)10-6-3-2-5-9-21-23(31-18-19-11-13-20(26)14-12-19)17-22(28)25(21)27-15-7-4-8-16-27/h2-3,11-14,21,23,25H,4-10,15-18H2,1H3/b3-2-/t21-,23-,25+/m0/s1. The molecule has 0 radical (unpaired) electrons. The molecule has 1 saturated carbocycles. The molecular formula is C25H34BrNO4. The zero-order chi connectivity index (χ0) is 22.1. The number of ether oxygens (including phenoxy) is 2. The van der Waals surface area contributed by atoms with Crippen LogP contribution in [0.2, 0.25) is 0 Å². The molecular weight excluding hydrogens is 458 g/mol. The normalized spacial score (nSPS) is 24.7. The van der Waals surface area contributed by atoms with Crippen LogP contribution in [0.3, 0.4) is 0 Å². The third kappa shape index (κ3) is 7.26. The second-order valence-electron chi connectivity index (χ2n) is 8.52. The first-order valence-electron chi connectivity index (χ1n) is 11.4. The van der Waals surface area contributed by atoms with E-state index in [-0.39, 0.29) is 24.0 Å². The summed E-state index contributed by atoms with van der Waals surface area (Å²) in [5.74, 6) is 0.367. The molecule has 1 heterocycles. The first kappa shape index (κ1) is 24.1. The van der Waals surface area contributed by atoms with Crippen LogP contribution in [0, 0.1) is 5.92 Å². The zero-order valence-electron chi connectivity index (χ0n) is 18.4. The number of halogens is 1. The predicted octanol–water partition coefficient (Wildman–Crippen LogP) is 5.07. The van der Waals surface area contributed by atoms with Gasteiger partial charge in [0.2, 0.25) is 0 Å². The number of carbonyl (C=O) groups is 2. The minimum atomic E-state index is -0.183. The van der Waals surface area contributed by atoms with E-state index in [0.717, 1.165) is 36.0 Å². The van der Waals surface area contributed by atoms with Crippen molar-refractivity contribution in [2.75, 3.05) is 20.2 Å². The lowest BCUT2D eigenvalue weighted by Crippen LogP contribution is -2.46. The second kappa shape index (κ2) is 12.5. The van der Waals surface area contributed by atoms with Crippen LogP contribution in [0.15, 0.2) is 40.9 Å². The van der Waals surface area contributed by atoms with Crippen molar-refractivity contribution < 1.29 is 19.1 Å². The van der Waals surface area contributed by atoms with Crippen LogP contribution in [0.1, 0.15) is 56.9 Å². The molecule has 3 rings (SSSR count). The van der Waals surface area contributed by atoms with Gasteiger partial charge in [0.05, 0.1) is 25.9 Å². The molecule has 1 aliphatic heterocycles. The van der Waals surface area contributed by atoms with Crippen LogP contribution in [0.4, 0.5) is 0 Å². The number of rotatable bonds is 10. The molecule has 1 aliphatic carbocycles. The van der Waals surface area contributed by atoms with E-state index in [1.54, 1.807) is 0 Å². The number of methoxy groups -OCH3 is 1. The number of carbonyl (C=O) groups excluding carboxylic acids is 2. The maximum Gasteiger partial charge on any atom is 0.305 e. The van der Waals surface area contributed by atoms with Gasteiger partial charge in [-0.05, 0) is 62.9 Å². The van der Waals surface area contributed by atoms with Crippen molar-refractivity contribution in [2.45, 2.75) is 70.1 Å². The van der Waals surface area contributed by atoms with Crippen molar-refractivity contribution in [1.29, 1.82) is 0 Å². The van der Waals surface area contributed by atoms with E-state index in [1.165, 1.54) is 26.4 Å². The molecule has 2 fully saturated rings. The molecule has 1 aromatic rings. The Kier molecular flexibility index (Phi) is 9.75. The van der Waals surface area contributed by atoms with Crippen LogP contribution in [-0.4, -0.2) is 49.0 Å². The molecule has 31 heavy (non-hydrogen) atoms. The Labute approximate surface area is 194 Å². The van der Waals surface area contributed by atoms with Crippen molar-refractivity contribution in [3.05, 3.63) is 46.5 Å². The summed E-state index contributed by atoms with van der Waals surface area (Å²) in [6, 6.07) is 8.14. The minimum Gasteiger partial charge on any atom is -0.469 e. The SMILES string of the molecule is COC(=O)CC/C=C\CC[C@H]1[C@@H](OCc2ccc(Br)cc2)CC(=O)[C@@H]1N1CCCCC1. The summed E-state index contributed by atoms with van der Waals surface area (Å²) in [6.45, 7) is 2.56. The lowest BCUT2D eigenvalue weighted by molar-refractivity contribution is -0.140. The largest absolute Gasteiger partial charge is 0.469 e. The van der Waals surface area contributed by atoms with Gasteiger partial charge in [-0.2, -0.15) is 0 Å². The van der Waals surface area contributed by atoms with Gasteiger partial charge in [0.1, 0.15) is 0 Å². The summed E-state index contributed by atoms with van der Waals surface area (Å²) in [7, 11) is 1.41. The highest BCUT2D eigenvalue weighted by atomic mass is 79.9. The van der Waals surface area contributed by atoms with E-state index in [4.69, 9.17) is 4.74 Å². The number of esters is 1. The topological polar surface area (TPSA) is 55.8 Å². The number of nitrogens with zero attached hydrogens (tertiary/aromatic N) is 1. The maximum atomic E-state index is 13.0. The Morgan fingerprint density at radius 2 is 1.84 bits per heavy atom. The molecule has 2 aliphatic rings. The summed E-state index contributed by atoms with van der Waals surface area (Å²) in [6.07, 6.45) is 11.2. The van der Waals surface area contributed by atoms with Gasteiger partial charge in [0, 0.05) is 23.2 Å². The van der Waals surface area contributed by atoms with E-state index in [2.05, 4.69) is 43.8 Å². The minimum absolute atomic E-state index is 0.0151. The second-order valence-corrected chi connectivity index (χ2v) is 9.43. The third-order valence-corrected chi connectivity index (χ3v) is 6.88. The monoisotopic (exact) mass is 491 g/mol. The Bertz CT molecular complexity index is 742. The maximum absolute atomic E-state index is 13.0. The van der Waals surface area contributed by atoms with Gasteiger partial charge in [-0.15, -0.1) is 0 Å². The number of hydrogen-bond donors (Lipinski definition) is 0. The highest BCUT2D eigenvalue weighted by Crippen LogP contribution is 2.35. The molecule has 3 atom stereocenters. The molecule has 0 N–H and O–H groups in total. The van der Waals surface area contributed by atoms with Crippen LogP contribution in [0.5, 0.6) is 0 Å². The van der Waals surface area contributed by atoms with E-state index in [1.807, 2.05) is 18.2 Å². The molecule has 0 spiro atoms. The average molecular weight is 492 g/mol. The number of piperidine rings is 1. The fourth-order valence-electron chi connectivity index (χ4n) is 4.72. The van der Waals surface area contributed by atoms with Crippen LogP contribution >= 0.6 is 15.9 Å². The van der Waals surface area contributed by atoms with Gasteiger partial charge in [-0.25, -0.2) is 0 Å². The van der Waals surface area contributed by atoms with Crippen molar-refractivity contribution >= 4 is 27.7 Å². The number of Topliss-reactive ketones (excluding diaryl/α,β-unsaturated/α-hetero) is 1. The summed E-state index contributed by atoms with van der Waals surface area (Å²) in [5.41, 5.74) is 1.12. The van der Waals surface area contributed by atoms with Crippen LogP contribution in [-0.2, 0) is 25.7 Å². The Morgan fingerprint density at radius 3 is 2.55 bits per heavy atom. The molecule has 6 heteroatoms. The quantitative estimate of drug-likeness (QED) is 0.337. The van der Waals surface area contributed by atoms with Gasteiger partial charge in [0.15, 0.2) is 5.78 Å². The number of allylic oxidation sites excluding steroid dienone is 2. The lowest BCUT2D eigenvalue weighted by Gasteiger charge is -2.35. The zero-order valence-corrected chi connectivity index (χ0v) is 20.0. The fourth-order valence-corrected chi connectivity index (χ4v) is 4.99. The Balaban J connectivity index is 1.60. The summed E-state index contributed by atoms with van der Waals surface area (Å²) < 4.78 is 12.0. The Hall–Kier alpha value is -1.50. The molecule has 0 unspecified atom stereocenters. The predicted molar refractivity (Wildman–Crippen MR) is 125 cm³/mol. The lowest BCUT2D eigenvalue weighted by atomic mass is 9.92. The number of ketones is 1. The van der Waals surface area contributed by atoms with Gasteiger partial charge in [-0.1, -0.05) is 46.6 Å². The molecule has 0 bridgehead atoms. The third-order valence-electron chi connectivity index (χ3n) is 6.35. The first-order chi connectivity index (χ1) is 15.1. The Morgan fingerprint density at radius 1 is 1.13 bits per heavy atom. The number of likely N-dealkylation sites (tertiary alicyclic amines) is 1. The number of hydrogen-bond acceptors (Lipinski definition) is 5. The van der Waals surface area contributed by atoms with Crippen LogP contribution in [0.25, 0.3) is 0 Å². The van der Waals surface area contributed by atoms with Crippen LogP contribution < -0.4 is 0 Å². The summed E-state index contributed by atoms with van der Waals surface area (Å²) in [4.78, 5) is 26.6. The highest BCUT2D eigenvalue weighted by molar-refractivity contribution is 9.10. The highest BCUT2D eigenvalue weighted by Gasteiger charge is 2.45. The first-order valence-corrected chi connectivity index (χ1v) is 12.2. The van der Waals surface area contributed by atoms with Crippen molar-refractivity contribution in [2.24, 2.45) is 5.92 Å². The average Bonchev–Trinajstić information content (AvgIpc) is 3.11. The van der Waals surface area contributed by atoms with Crippen molar-refractivity contribution in [1.82, 2.24) is 4.90 Å². The molecule has 1 saturated heterocycles. The van der Waals surface area contributed by atoms with Gasteiger partial charge < -0.3 is 9.47 Å². The van der Waals surface area contributed by atoms with E-state index >= 15 is 0 Å². The summed E-state index contributed by atoms with van der Waals surface area (Å²) in [5, 5.41) is 0. The molecule has 5 nitrogen and oxygen atoms in total. The molecule has 1 aromatic carbocycles. The fraction of sp³-hybridized carbons (Fsp3) is 0.600. The van der Waals surface area contributed by atoms with Gasteiger partial charge in [0.25, 0.3) is 0 Å². The summed E-state index contributed by atoms with van der Waals surface area (Å²) >= 11 is 3.47. The molecule has 170 valence electrons. The van der Waals surface area contributed by atoms with E-state index in [0.29, 0.717) is 31.7 Å². The van der Waals surface area contributed by atoms with Crippen molar-refractivity contribution in [3.8, 4) is 0 Å². The molecule has 0 aromatic heterocycles. The van der Waals surface area contributed by atoms with Gasteiger partial charge >= 0.3 is 5.97 Å². The van der Waals surface area contributed by atoms with E-state index in [9.17, 15) is 9.59 Å². The van der Waals surface area contributed by atoms with Crippen molar-refractivity contribution in [3.63, 3.8) is 0 Å². The smallest absolute Gasteiger partial charge is 0.305 e. The van der Waals surface area contributed by atoms with E-state index < -0.39 is 0 Å². The van der Waals surface area contributed by atoms with Gasteiger partial charge in [-0.3, -0.25) is 14.5 Å². The number of benzene rings is 1.